The fourth-order valence-corrected chi connectivity index (χ4v) is 18.0. The van der Waals surface area contributed by atoms with Crippen LogP contribution in [-0.4, -0.2) is 73.2 Å². The Labute approximate surface area is 793 Å². The third kappa shape index (κ3) is 40.2. The van der Waals surface area contributed by atoms with Crippen LogP contribution in [0.25, 0.3) is 0 Å². The van der Waals surface area contributed by atoms with Gasteiger partial charge in [-0.2, -0.15) is 0 Å². The lowest BCUT2D eigenvalue weighted by molar-refractivity contribution is -0.162. The van der Waals surface area contributed by atoms with Gasteiger partial charge >= 0.3 is 0 Å². The highest BCUT2D eigenvalue weighted by atomic mass is 16.7. The molecule has 0 aromatic heterocycles. The van der Waals surface area contributed by atoms with Gasteiger partial charge in [-0.1, -0.05) is 288 Å². The van der Waals surface area contributed by atoms with Crippen molar-refractivity contribution in [3.63, 3.8) is 0 Å². The molecule has 0 radical (unpaired) electrons. The van der Waals surface area contributed by atoms with Gasteiger partial charge in [0.15, 0.2) is 12.6 Å². The third-order valence-corrected chi connectivity index (χ3v) is 28.0. The van der Waals surface area contributed by atoms with E-state index < -0.39 is 0 Å². The summed E-state index contributed by atoms with van der Waals surface area (Å²) in [6.45, 7) is 59.9. The zero-order valence-electron chi connectivity index (χ0n) is 86.6. The van der Waals surface area contributed by atoms with E-state index in [0.29, 0.717) is 70.9 Å². The van der Waals surface area contributed by atoms with Crippen molar-refractivity contribution in [3.05, 3.63) is 209 Å². The molecule has 5 saturated carbocycles. The van der Waals surface area contributed by atoms with Crippen LogP contribution in [0, 0.1) is 52.8 Å². The number of rotatable bonds is 39. The van der Waals surface area contributed by atoms with E-state index in [-0.39, 0.29) is 49.1 Å². The summed E-state index contributed by atoms with van der Waals surface area (Å²) in [5.41, 5.74) is 9.40. The number of aromatic hydroxyl groups is 2. The fraction of sp³-hybridized carbons (Fsp3) is 0.644. The molecule has 728 valence electrons. The second-order valence-electron chi connectivity index (χ2n) is 41.0. The molecular formula is C118H184O12. The number of hydrogen-bond acceptors (Lipinski definition) is 12. The molecule has 5 aliphatic rings. The molecule has 130 heavy (non-hydrogen) atoms. The van der Waals surface area contributed by atoms with Crippen LogP contribution in [0.5, 0.6) is 40.2 Å². The first-order valence-corrected chi connectivity index (χ1v) is 51.7. The first kappa shape index (κ1) is 112. The van der Waals surface area contributed by atoms with Crippen LogP contribution in [-0.2, 0) is 23.7 Å². The van der Waals surface area contributed by atoms with Crippen LogP contribution >= 0.6 is 0 Å². The molecule has 0 heterocycles. The first-order chi connectivity index (χ1) is 62.1. The lowest BCUT2D eigenvalue weighted by Crippen LogP contribution is -2.37. The van der Waals surface area contributed by atoms with Gasteiger partial charge in [0.1, 0.15) is 40.2 Å². The first-order valence-electron chi connectivity index (χ1n) is 51.7. The molecule has 5 aliphatic carbocycles. The molecule has 12 nitrogen and oxygen atoms in total. The average molecular weight is 1790 g/mol. The Balaban J connectivity index is 0.000000238. The highest BCUT2D eigenvalue weighted by molar-refractivity contribution is 5.34. The molecule has 2 bridgehead atoms. The summed E-state index contributed by atoms with van der Waals surface area (Å²) < 4.78 is 59.9. The summed E-state index contributed by atoms with van der Waals surface area (Å²) in [7, 11) is 0. The maximum absolute atomic E-state index is 9.01. The minimum absolute atomic E-state index is 0.0559. The SMILES string of the molecule is CCC(C)c1ccc(O)cc1.CCC(C)c1ccc(O)cc1.CCC(C)c1ccc(OC(C)OC(C)C)cc1.CCC(C)c1ccc(OC(C)OCCC2CCCCC2)cc1.CCC(C)c1ccc(OC(OC(C)C)C(C)(C)C)cc1.CCC(C)c1ccc(OC(OC2CC3CC2C2CCCC32)C(C)C)cc1.CCC(C)c1ccc(OC(OCC2CCCCC2)C(C)C)cc1. The third-order valence-electron chi connectivity index (χ3n) is 28.0. The highest BCUT2D eigenvalue weighted by Crippen LogP contribution is 2.60. The van der Waals surface area contributed by atoms with Gasteiger partial charge < -0.3 is 57.6 Å². The molecule has 7 aromatic carbocycles. The highest BCUT2D eigenvalue weighted by Gasteiger charge is 2.55. The Bertz CT molecular complexity index is 3960. The summed E-state index contributed by atoms with van der Waals surface area (Å²) in [6.07, 6.45) is 29.9. The van der Waals surface area contributed by atoms with Gasteiger partial charge in [0.2, 0.25) is 18.9 Å². The zero-order chi connectivity index (χ0) is 95.4. The second kappa shape index (κ2) is 59.6. The summed E-state index contributed by atoms with van der Waals surface area (Å²) in [4.78, 5) is 0. The van der Waals surface area contributed by atoms with E-state index in [0.717, 1.165) is 103 Å². The van der Waals surface area contributed by atoms with Crippen LogP contribution in [0.4, 0.5) is 0 Å². The number of phenolic OH excluding ortho intramolecular Hbond substituents is 2. The zero-order valence-corrected chi connectivity index (χ0v) is 86.6. The van der Waals surface area contributed by atoms with Crippen molar-refractivity contribution in [1.82, 2.24) is 0 Å². The van der Waals surface area contributed by atoms with E-state index in [1.807, 2.05) is 90.1 Å². The summed E-state index contributed by atoms with van der Waals surface area (Å²) in [6, 6.07) is 57.2. The van der Waals surface area contributed by atoms with Crippen molar-refractivity contribution >= 4 is 0 Å². The Hall–Kier alpha value is -7.06. The monoisotopic (exact) mass is 1790 g/mol. The number of ether oxygens (including phenoxy) is 10. The Kier molecular flexibility index (Phi) is 51.2. The summed E-state index contributed by atoms with van der Waals surface area (Å²) >= 11 is 0. The van der Waals surface area contributed by atoms with E-state index in [1.165, 1.54) is 161 Å². The summed E-state index contributed by atoms with van der Waals surface area (Å²) in [5.74, 6) is 15.4. The molecule has 17 unspecified atom stereocenters. The molecule has 7 aromatic rings. The molecule has 0 aliphatic heterocycles. The Morgan fingerprint density at radius 3 is 0.962 bits per heavy atom. The molecule has 0 amide bonds. The topological polar surface area (TPSA) is 133 Å². The van der Waals surface area contributed by atoms with Crippen molar-refractivity contribution in [3.8, 4) is 40.2 Å². The van der Waals surface area contributed by atoms with Crippen molar-refractivity contribution in [1.29, 1.82) is 0 Å². The van der Waals surface area contributed by atoms with Gasteiger partial charge in [0.25, 0.3) is 0 Å². The molecule has 12 rings (SSSR count). The van der Waals surface area contributed by atoms with Gasteiger partial charge in [0.05, 0.1) is 31.5 Å². The predicted molar refractivity (Wildman–Crippen MR) is 546 cm³/mol. The van der Waals surface area contributed by atoms with Crippen LogP contribution in [0.3, 0.4) is 0 Å². The molecule has 2 N–H and O–H groups in total. The molecule has 0 spiro atoms. The van der Waals surface area contributed by atoms with Gasteiger partial charge in [-0.15, -0.1) is 0 Å². The van der Waals surface area contributed by atoms with Crippen LogP contribution < -0.4 is 23.7 Å². The van der Waals surface area contributed by atoms with Crippen molar-refractivity contribution in [2.75, 3.05) is 13.2 Å². The van der Waals surface area contributed by atoms with Crippen molar-refractivity contribution in [2.24, 2.45) is 52.8 Å². The van der Waals surface area contributed by atoms with Gasteiger partial charge in [-0.3, -0.25) is 0 Å². The van der Waals surface area contributed by atoms with E-state index in [1.54, 1.807) is 24.3 Å². The standard InChI is InChI=1S/C24H36O2.C21H34O2.C20H32O2.C18H30O2.C15H24O2.2C10H14O/c1-5-16(4)17-9-11-19(12-10-17)25-24(15(2)3)26-23-14-18-13-22(23)21-8-6-7-20(18)21;1-5-17(4)19-11-13-20(14-12-19)23-21(16(2)3)22-15-18-9-7-6-8-10-18;1-4-16(2)19-10-12-20(13-11-19)22-17(3)21-15-14-18-8-6-5-7-9-18;1-8-14(4)15-9-11-16(12-10-15)20-17(18(5,6)7)19-13(2)3;1-6-12(4)14-7-9-15(10-8-14)17-13(5)16-11(2)3;2*1-3-8(2)9-4-6-10(11)7-5-9/h9-12,15-16,18,20-24H,5-8,13-14H2,1-4H3;11-14,16-18,21H,5-10,15H2,1-4H3;10-13,16-18H,4-9,14-15H2,1-3H3;9-14,17H,8H2,1-7H3;7-13H,6H2,1-5H3;2*4-8,11H,3H2,1-2H3. The van der Waals surface area contributed by atoms with Crippen molar-refractivity contribution in [2.45, 2.75) is 426 Å². The van der Waals surface area contributed by atoms with Crippen LogP contribution in [0.15, 0.2) is 170 Å². The van der Waals surface area contributed by atoms with E-state index in [9.17, 15) is 0 Å². The predicted octanol–water partition coefficient (Wildman–Crippen LogP) is 34.0. The number of hydrogen-bond donors (Lipinski definition) is 2. The maximum atomic E-state index is 9.01. The number of phenols is 2. The average Bonchev–Trinajstić information content (AvgIpc) is 1.59. The quantitative estimate of drug-likeness (QED) is 0.0356. The second-order valence-corrected chi connectivity index (χ2v) is 41.0. The normalized spacial score (nSPS) is 19.9. The van der Waals surface area contributed by atoms with Crippen molar-refractivity contribution < 1.29 is 57.6 Å². The fourth-order valence-electron chi connectivity index (χ4n) is 18.0. The van der Waals surface area contributed by atoms with E-state index >= 15 is 0 Å². The van der Waals surface area contributed by atoms with Gasteiger partial charge in [0, 0.05) is 17.3 Å². The minimum atomic E-state index is -0.239. The lowest BCUT2D eigenvalue weighted by Gasteiger charge is -2.35. The van der Waals surface area contributed by atoms with Gasteiger partial charge in [-0.05, 0) is 332 Å². The molecule has 5 fully saturated rings. The maximum Gasteiger partial charge on any atom is 0.204 e. The smallest absolute Gasteiger partial charge is 0.204 e. The van der Waals surface area contributed by atoms with Gasteiger partial charge in [-0.25, -0.2) is 0 Å². The Morgan fingerprint density at radius 1 is 0.308 bits per heavy atom. The lowest BCUT2D eigenvalue weighted by atomic mass is 9.80. The molecule has 12 heteroatoms. The molecule has 17 atom stereocenters. The summed E-state index contributed by atoms with van der Waals surface area (Å²) in [5, 5.41) is 18.0. The molecular weight excluding hydrogens is 1610 g/mol. The minimum Gasteiger partial charge on any atom is -0.508 e. The van der Waals surface area contributed by atoms with E-state index in [4.69, 9.17) is 57.6 Å². The Morgan fingerprint density at radius 2 is 0.623 bits per heavy atom. The van der Waals surface area contributed by atoms with E-state index in [2.05, 4.69) is 242 Å². The molecule has 0 saturated heterocycles. The van der Waals surface area contributed by atoms with Crippen LogP contribution in [0.1, 0.15) is 415 Å². The largest absolute Gasteiger partial charge is 0.508 e. The number of fused-ring (bicyclic) bond motifs is 5. The van der Waals surface area contributed by atoms with Crippen LogP contribution in [0.2, 0.25) is 0 Å². The number of benzene rings is 7.